The zero-order valence-corrected chi connectivity index (χ0v) is 18.0. The molecule has 0 spiro atoms. The molecule has 13 heteroatoms. The van der Waals surface area contributed by atoms with Gasteiger partial charge in [-0.2, -0.15) is 17.6 Å². The highest BCUT2D eigenvalue weighted by Gasteiger charge is 2.66. The van der Waals surface area contributed by atoms with E-state index in [1.54, 1.807) is 0 Å². The summed E-state index contributed by atoms with van der Waals surface area (Å²) in [6.07, 6.45) is -5.95. The number of primary amides is 1. The average Bonchev–Trinajstić information content (AvgIpc) is 3.03. The Morgan fingerprint density at radius 3 is 2.38 bits per heavy atom. The fraction of sp³-hybridized carbons (Fsp3) is 0.381. The molecule has 34 heavy (non-hydrogen) atoms. The maximum absolute atomic E-state index is 14.5. The van der Waals surface area contributed by atoms with E-state index in [0.29, 0.717) is 13.0 Å². The highest BCUT2D eigenvalue weighted by atomic mass is 19.4. The quantitative estimate of drug-likeness (QED) is 0.622. The molecular formula is C21H19F6N3O4. The van der Waals surface area contributed by atoms with Gasteiger partial charge in [-0.15, -0.1) is 0 Å². The number of hydrogen-bond acceptors (Lipinski definition) is 5. The third-order valence-electron chi connectivity index (χ3n) is 5.95. The Morgan fingerprint density at radius 2 is 1.82 bits per heavy atom. The molecule has 2 aromatic rings. The van der Waals surface area contributed by atoms with Crippen LogP contribution in [0.1, 0.15) is 35.8 Å². The van der Waals surface area contributed by atoms with Gasteiger partial charge in [-0.05, 0) is 19.1 Å². The predicted octanol–water partition coefficient (Wildman–Crippen LogP) is 3.68. The highest BCUT2D eigenvalue weighted by Crippen LogP contribution is 2.55. The summed E-state index contributed by atoms with van der Waals surface area (Å²) in [6.45, 7) is 1.84. The Morgan fingerprint density at radius 1 is 1.18 bits per heavy atom. The average molecular weight is 491 g/mol. The molecule has 0 saturated carbocycles. The minimum atomic E-state index is -4.97. The van der Waals surface area contributed by atoms with Gasteiger partial charge in [0.15, 0.2) is 28.7 Å². The molecule has 0 aliphatic carbocycles. The molecule has 1 aliphatic heterocycles. The van der Waals surface area contributed by atoms with E-state index in [1.807, 2.05) is 0 Å². The van der Waals surface area contributed by atoms with Gasteiger partial charge in [-0.25, -0.2) is 13.8 Å². The van der Waals surface area contributed by atoms with Gasteiger partial charge in [-0.1, -0.05) is 13.0 Å². The maximum Gasteiger partial charge on any atom is 0.417 e. The van der Waals surface area contributed by atoms with Crippen molar-refractivity contribution in [2.45, 2.75) is 37.6 Å². The molecule has 0 unspecified atom stereocenters. The molecule has 4 atom stereocenters. The topological polar surface area (TPSA) is 104 Å². The second-order valence-corrected chi connectivity index (χ2v) is 7.82. The number of carbonyl (C=O) groups is 2. The van der Waals surface area contributed by atoms with Crippen molar-refractivity contribution in [1.82, 2.24) is 4.98 Å². The van der Waals surface area contributed by atoms with E-state index in [4.69, 9.17) is 15.2 Å². The first-order valence-electron chi connectivity index (χ1n) is 9.76. The van der Waals surface area contributed by atoms with Gasteiger partial charge in [0.1, 0.15) is 6.10 Å². The zero-order chi connectivity index (χ0) is 25.6. The summed E-state index contributed by atoms with van der Waals surface area (Å²) < 4.78 is 94.5. The predicted molar refractivity (Wildman–Crippen MR) is 105 cm³/mol. The molecule has 1 fully saturated rings. The number of hydrogen-bond donors (Lipinski definition) is 2. The number of aromatic nitrogens is 1. The lowest BCUT2D eigenvalue weighted by Crippen LogP contribution is -2.47. The summed E-state index contributed by atoms with van der Waals surface area (Å²) in [7, 11) is 0.984. The molecule has 0 radical (unpaired) electrons. The number of anilines is 1. The van der Waals surface area contributed by atoms with Crippen LogP contribution in [0.2, 0.25) is 0 Å². The summed E-state index contributed by atoms with van der Waals surface area (Å²) in [4.78, 5) is 27.8. The minimum absolute atomic E-state index is 0.255. The lowest BCUT2D eigenvalue weighted by molar-refractivity contribution is -0.272. The SMILES string of the molecule is COc1c([C@@H]2[C@@H](C(=O)Nc3ccnc(C(N)=O)c3F)O[C@](C)(C(F)(F)F)[C@H]2C)ccc(F)c1F. The van der Waals surface area contributed by atoms with E-state index in [2.05, 4.69) is 10.3 Å². The first-order chi connectivity index (χ1) is 15.7. The van der Waals surface area contributed by atoms with Crippen LogP contribution in [0.5, 0.6) is 5.75 Å². The Labute approximate surface area is 189 Å². The smallest absolute Gasteiger partial charge is 0.417 e. The second kappa shape index (κ2) is 8.78. The first kappa shape index (κ1) is 25.3. The fourth-order valence-electron chi connectivity index (χ4n) is 3.96. The van der Waals surface area contributed by atoms with Crippen molar-refractivity contribution in [2.24, 2.45) is 11.7 Å². The largest absolute Gasteiger partial charge is 0.493 e. The van der Waals surface area contributed by atoms with E-state index < -0.39 is 76.1 Å². The van der Waals surface area contributed by atoms with Crippen molar-refractivity contribution in [2.75, 3.05) is 12.4 Å². The van der Waals surface area contributed by atoms with Gasteiger partial charge in [0.05, 0.1) is 12.8 Å². The summed E-state index contributed by atoms with van der Waals surface area (Å²) in [5.41, 5.74) is 0.468. The van der Waals surface area contributed by atoms with Gasteiger partial charge in [-0.3, -0.25) is 9.59 Å². The summed E-state index contributed by atoms with van der Waals surface area (Å²) in [6, 6.07) is 2.62. The van der Waals surface area contributed by atoms with Gasteiger partial charge in [0.25, 0.3) is 11.8 Å². The van der Waals surface area contributed by atoms with Crippen molar-refractivity contribution < 1.29 is 45.4 Å². The molecule has 1 aliphatic rings. The van der Waals surface area contributed by atoms with E-state index in [1.165, 1.54) is 0 Å². The molecule has 1 aromatic carbocycles. The molecule has 0 bridgehead atoms. The van der Waals surface area contributed by atoms with Gasteiger partial charge in [0.2, 0.25) is 5.82 Å². The van der Waals surface area contributed by atoms with Gasteiger partial charge < -0.3 is 20.5 Å². The fourth-order valence-corrected chi connectivity index (χ4v) is 3.96. The lowest BCUT2D eigenvalue weighted by Gasteiger charge is -2.32. The molecule has 3 N–H and O–H groups in total. The minimum Gasteiger partial charge on any atom is -0.493 e. The van der Waals surface area contributed by atoms with E-state index in [9.17, 15) is 35.9 Å². The highest BCUT2D eigenvalue weighted by molar-refractivity contribution is 5.97. The third kappa shape index (κ3) is 4.04. The van der Waals surface area contributed by atoms with Crippen molar-refractivity contribution >= 4 is 17.5 Å². The standard InChI is InChI=1S/C21H19F6N3O4/c1-8-12(9-4-5-10(22)13(23)16(9)33-3)17(34-20(8,2)21(25,26)27)19(32)30-11-6-7-29-15(14(11)24)18(28)31/h4-8,12,17H,1-3H3,(H2,28,31)(H,29,30,32)/t8-,12+,17-,20-/m0/s1. The van der Waals surface area contributed by atoms with Crippen molar-refractivity contribution in [3.63, 3.8) is 0 Å². The number of rotatable bonds is 5. The maximum atomic E-state index is 14.5. The molecule has 2 amide bonds. The van der Waals surface area contributed by atoms with Crippen LogP contribution in [-0.2, 0) is 9.53 Å². The Bertz CT molecular complexity index is 1140. The number of methoxy groups -OCH3 is 1. The first-order valence-corrected chi connectivity index (χ1v) is 9.76. The normalized spacial score (nSPS) is 24.7. The van der Waals surface area contributed by atoms with Crippen LogP contribution in [0, 0.1) is 23.4 Å². The number of nitrogens with two attached hydrogens (primary N) is 1. The second-order valence-electron chi connectivity index (χ2n) is 7.82. The molecule has 7 nitrogen and oxygen atoms in total. The van der Waals surface area contributed by atoms with Crippen molar-refractivity contribution in [1.29, 1.82) is 0 Å². The van der Waals surface area contributed by atoms with Crippen LogP contribution in [0.4, 0.5) is 32.0 Å². The molecule has 1 aromatic heterocycles. The van der Waals surface area contributed by atoms with E-state index >= 15 is 0 Å². The van der Waals surface area contributed by atoms with Crippen LogP contribution >= 0.6 is 0 Å². The molecule has 1 saturated heterocycles. The van der Waals surface area contributed by atoms with Gasteiger partial charge >= 0.3 is 6.18 Å². The Kier molecular flexibility index (Phi) is 6.53. The Hall–Kier alpha value is -3.35. The number of alkyl halides is 3. The number of amides is 2. The molecule has 3 rings (SSSR count). The summed E-state index contributed by atoms with van der Waals surface area (Å²) in [5.74, 6) is -10.2. The summed E-state index contributed by atoms with van der Waals surface area (Å²) in [5, 5.41) is 2.06. The summed E-state index contributed by atoms with van der Waals surface area (Å²) >= 11 is 0. The van der Waals surface area contributed by atoms with Crippen LogP contribution < -0.4 is 15.8 Å². The van der Waals surface area contributed by atoms with E-state index in [-0.39, 0.29) is 5.56 Å². The third-order valence-corrected chi connectivity index (χ3v) is 5.95. The number of benzene rings is 1. The molecular weight excluding hydrogens is 472 g/mol. The number of halogens is 6. The van der Waals surface area contributed by atoms with Crippen molar-refractivity contribution in [3.05, 3.63) is 53.1 Å². The van der Waals surface area contributed by atoms with Crippen LogP contribution in [0.15, 0.2) is 24.4 Å². The molecule has 184 valence electrons. The molecule has 2 heterocycles. The monoisotopic (exact) mass is 491 g/mol. The number of ether oxygens (including phenoxy) is 2. The number of nitrogens with one attached hydrogen (secondary N) is 1. The van der Waals surface area contributed by atoms with E-state index in [0.717, 1.165) is 32.4 Å². The van der Waals surface area contributed by atoms with Crippen LogP contribution in [0.3, 0.4) is 0 Å². The van der Waals surface area contributed by atoms with Crippen LogP contribution in [0.25, 0.3) is 0 Å². The number of carbonyl (C=O) groups excluding carboxylic acids is 2. The van der Waals surface area contributed by atoms with Gasteiger partial charge in [0, 0.05) is 23.6 Å². The zero-order valence-electron chi connectivity index (χ0n) is 18.0. The van der Waals surface area contributed by atoms with Crippen LogP contribution in [-0.4, -0.2) is 41.8 Å². The lowest BCUT2D eigenvalue weighted by atomic mass is 9.77. The Balaban J connectivity index is 2.11. The number of pyridine rings is 1. The van der Waals surface area contributed by atoms with Crippen molar-refractivity contribution in [3.8, 4) is 5.75 Å². The number of nitrogens with zero attached hydrogens (tertiary/aromatic N) is 1.